The monoisotopic (exact) mass is 136 g/mol. The summed E-state index contributed by atoms with van der Waals surface area (Å²) in [5.41, 5.74) is 1.72. The highest BCUT2D eigenvalue weighted by Gasteiger charge is 2.19. The lowest BCUT2D eigenvalue weighted by molar-refractivity contribution is 0.195. The molecule has 0 amide bonds. The van der Waals surface area contributed by atoms with E-state index < -0.39 is 6.10 Å². The number of nitrogens with zero attached hydrogens (tertiary/aromatic N) is 1. The normalized spacial score (nSPS) is 21.9. The zero-order chi connectivity index (χ0) is 6.97. The van der Waals surface area contributed by atoms with Crippen LogP contribution in [-0.4, -0.2) is 16.6 Å². The van der Waals surface area contributed by atoms with E-state index in [2.05, 4.69) is 10.3 Å². The highest BCUT2D eigenvalue weighted by atomic mass is 16.3. The summed E-state index contributed by atoms with van der Waals surface area (Å²) in [7, 11) is 0. The number of β-amino-alcohol motifs (C(OH)–C–C–N with tert-alkyl or cyclic N) is 1. The molecular formula is C7H8N2O. The zero-order valence-electron chi connectivity index (χ0n) is 5.41. The first kappa shape index (κ1) is 5.68. The predicted molar refractivity (Wildman–Crippen MR) is 37.7 cm³/mol. The second-order valence-electron chi connectivity index (χ2n) is 2.33. The molecule has 0 aliphatic carbocycles. The Morgan fingerprint density at radius 2 is 2.60 bits per heavy atom. The molecule has 1 aromatic heterocycles. The van der Waals surface area contributed by atoms with Gasteiger partial charge in [-0.1, -0.05) is 0 Å². The van der Waals surface area contributed by atoms with Crippen molar-refractivity contribution in [2.24, 2.45) is 0 Å². The third kappa shape index (κ3) is 0.675. The second-order valence-corrected chi connectivity index (χ2v) is 2.33. The maximum Gasteiger partial charge on any atom is 0.115 e. The van der Waals surface area contributed by atoms with Crippen molar-refractivity contribution in [2.45, 2.75) is 6.10 Å². The van der Waals surface area contributed by atoms with Crippen molar-refractivity contribution in [1.82, 2.24) is 4.98 Å². The van der Waals surface area contributed by atoms with E-state index >= 15 is 0 Å². The van der Waals surface area contributed by atoms with Crippen LogP contribution in [0.2, 0.25) is 0 Å². The molecular weight excluding hydrogens is 128 g/mol. The Bertz CT molecular complexity index is 249. The van der Waals surface area contributed by atoms with Gasteiger partial charge in [0.15, 0.2) is 0 Å². The quantitative estimate of drug-likeness (QED) is 0.547. The molecule has 1 atom stereocenters. The van der Waals surface area contributed by atoms with Crippen LogP contribution in [-0.2, 0) is 0 Å². The molecule has 1 aliphatic rings. The molecule has 0 bridgehead atoms. The number of nitrogens with one attached hydrogen (secondary N) is 1. The molecule has 3 heteroatoms. The van der Waals surface area contributed by atoms with Gasteiger partial charge in [-0.3, -0.25) is 4.98 Å². The Morgan fingerprint density at radius 1 is 1.70 bits per heavy atom. The molecule has 0 aromatic carbocycles. The first-order valence-corrected chi connectivity index (χ1v) is 3.25. The van der Waals surface area contributed by atoms with Crippen molar-refractivity contribution in [1.29, 1.82) is 0 Å². The van der Waals surface area contributed by atoms with Crippen molar-refractivity contribution in [3.8, 4) is 0 Å². The second kappa shape index (κ2) is 1.95. The smallest absolute Gasteiger partial charge is 0.115 e. The molecule has 0 fully saturated rings. The predicted octanol–water partition coefficient (Wildman–Crippen LogP) is 0.540. The van der Waals surface area contributed by atoms with Crippen molar-refractivity contribution in [3.05, 3.63) is 24.0 Å². The highest BCUT2D eigenvalue weighted by molar-refractivity contribution is 5.52. The summed E-state index contributed by atoms with van der Waals surface area (Å²) in [6, 6.07) is 3.77. The van der Waals surface area contributed by atoms with Crippen LogP contribution < -0.4 is 5.32 Å². The molecule has 0 spiro atoms. The molecule has 52 valence electrons. The SMILES string of the molecule is OC1CNc2cccnc21. The maximum absolute atomic E-state index is 9.26. The van der Waals surface area contributed by atoms with E-state index in [1.807, 2.05) is 12.1 Å². The lowest BCUT2D eigenvalue weighted by Gasteiger charge is -1.97. The molecule has 1 unspecified atom stereocenters. The van der Waals surface area contributed by atoms with Gasteiger partial charge in [0.1, 0.15) is 6.10 Å². The fourth-order valence-electron chi connectivity index (χ4n) is 1.14. The van der Waals surface area contributed by atoms with Gasteiger partial charge in [0.05, 0.1) is 11.4 Å². The summed E-state index contributed by atoms with van der Waals surface area (Å²) in [4.78, 5) is 4.03. The summed E-state index contributed by atoms with van der Waals surface area (Å²) in [6.07, 6.45) is 1.27. The number of fused-ring (bicyclic) bond motifs is 1. The van der Waals surface area contributed by atoms with Crippen LogP contribution in [0.15, 0.2) is 18.3 Å². The number of anilines is 1. The molecule has 1 aliphatic heterocycles. The van der Waals surface area contributed by atoms with Crippen molar-refractivity contribution in [2.75, 3.05) is 11.9 Å². The van der Waals surface area contributed by atoms with Crippen LogP contribution in [0.1, 0.15) is 11.8 Å². The number of aliphatic hydroxyl groups excluding tert-OH is 1. The number of hydrogen-bond donors (Lipinski definition) is 2. The summed E-state index contributed by atoms with van der Waals surface area (Å²) in [6.45, 7) is 0.590. The van der Waals surface area contributed by atoms with Gasteiger partial charge in [0.2, 0.25) is 0 Å². The molecule has 0 saturated heterocycles. The molecule has 2 N–H and O–H groups in total. The van der Waals surface area contributed by atoms with E-state index in [-0.39, 0.29) is 0 Å². The summed E-state index contributed by atoms with van der Waals surface area (Å²) in [5.74, 6) is 0. The van der Waals surface area contributed by atoms with Crippen LogP contribution in [0.3, 0.4) is 0 Å². The van der Waals surface area contributed by atoms with E-state index in [0.717, 1.165) is 11.4 Å². The largest absolute Gasteiger partial charge is 0.385 e. The van der Waals surface area contributed by atoms with Gasteiger partial charge in [0, 0.05) is 12.7 Å². The number of rotatable bonds is 0. The average molecular weight is 136 g/mol. The fourth-order valence-corrected chi connectivity index (χ4v) is 1.14. The van der Waals surface area contributed by atoms with E-state index in [0.29, 0.717) is 6.54 Å². The van der Waals surface area contributed by atoms with Gasteiger partial charge >= 0.3 is 0 Å². The fraction of sp³-hybridized carbons (Fsp3) is 0.286. The van der Waals surface area contributed by atoms with Crippen LogP contribution in [0.5, 0.6) is 0 Å². The summed E-state index contributed by atoms with van der Waals surface area (Å²) < 4.78 is 0. The number of hydrogen-bond acceptors (Lipinski definition) is 3. The minimum Gasteiger partial charge on any atom is -0.385 e. The summed E-state index contributed by atoms with van der Waals surface area (Å²) >= 11 is 0. The Kier molecular flexibility index (Phi) is 1.11. The molecule has 3 nitrogen and oxygen atoms in total. The Labute approximate surface area is 58.7 Å². The number of aromatic nitrogens is 1. The van der Waals surface area contributed by atoms with Gasteiger partial charge in [-0.2, -0.15) is 0 Å². The zero-order valence-corrected chi connectivity index (χ0v) is 5.41. The third-order valence-corrected chi connectivity index (χ3v) is 1.64. The first-order valence-electron chi connectivity index (χ1n) is 3.25. The Morgan fingerprint density at radius 3 is 3.40 bits per heavy atom. The van der Waals surface area contributed by atoms with Crippen LogP contribution >= 0.6 is 0 Å². The van der Waals surface area contributed by atoms with E-state index in [4.69, 9.17) is 0 Å². The Hall–Kier alpha value is -1.09. The lowest BCUT2D eigenvalue weighted by atomic mass is 10.2. The number of aliphatic hydroxyl groups is 1. The maximum atomic E-state index is 9.26. The van der Waals surface area contributed by atoms with Crippen molar-refractivity contribution in [3.63, 3.8) is 0 Å². The van der Waals surface area contributed by atoms with Gasteiger partial charge < -0.3 is 10.4 Å². The highest BCUT2D eigenvalue weighted by Crippen LogP contribution is 2.25. The van der Waals surface area contributed by atoms with E-state index in [1.165, 1.54) is 0 Å². The van der Waals surface area contributed by atoms with Gasteiger partial charge in [0.25, 0.3) is 0 Å². The van der Waals surface area contributed by atoms with Crippen LogP contribution in [0.25, 0.3) is 0 Å². The molecule has 2 rings (SSSR count). The molecule has 10 heavy (non-hydrogen) atoms. The minimum absolute atomic E-state index is 0.420. The minimum atomic E-state index is -0.420. The molecule has 0 saturated carbocycles. The van der Waals surface area contributed by atoms with E-state index in [1.54, 1.807) is 6.20 Å². The molecule has 1 aromatic rings. The van der Waals surface area contributed by atoms with Gasteiger partial charge in [-0.05, 0) is 12.1 Å². The summed E-state index contributed by atoms with van der Waals surface area (Å²) in [5, 5.41) is 12.3. The Balaban J connectivity index is 2.51. The van der Waals surface area contributed by atoms with Gasteiger partial charge in [-0.15, -0.1) is 0 Å². The van der Waals surface area contributed by atoms with E-state index in [9.17, 15) is 5.11 Å². The third-order valence-electron chi connectivity index (χ3n) is 1.64. The van der Waals surface area contributed by atoms with Gasteiger partial charge in [-0.25, -0.2) is 0 Å². The lowest BCUT2D eigenvalue weighted by Crippen LogP contribution is -1.99. The first-order chi connectivity index (χ1) is 4.88. The standard InChI is InChI=1S/C7H8N2O/c10-6-4-9-5-2-1-3-8-7(5)6/h1-3,6,9-10H,4H2. The molecule has 2 heterocycles. The molecule has 0 radical (unpaired) electrons. The van der Waals surface area contributed by atoms with Crippen molar-refractivity contribution < 1.29 is 5.11 Å². The topological polar surface area (TPSA) is 45.1 Å². The van der Waals surface area contributed by atoms with Crippen molar-refractivity contribution >= 4 is 5.69 Å². The van der Waals surface area contributed by atoms with Crippen LogP contribution in [0.4, 0.5) is 5.69 Å². The average Bonchev–Trinajstić information content (AvgIpc) is 2.34. The number of pyridine rings is 1. The van der Waals surface area contributed by atoms with Crippen LogP contribution in [0, 0.1) is 0 Å².